The van der Waals surface area contributed by atoms with Gasteiger partial charge in [-0.15, -0.1) is 0 Å². The second-order valence-corrected chi connectivity index (χ2v) is 7.22. The van der Waals surface area contributed by atoms with E-state index in [9.17, 15) is 22.4 Å². The van der Waals surface area contributed by atoms with E-state index < -0.39 is 17.9 Å². The van der Waals surface area contributed by atoms with Crippen LogP contribution in [-0.2, 0) is 11.2 Å². The number of carbonyl (C=O) groups is 1. The Labute approximate surface area is 183 Å². The summed E-state index contributed by atoms with van der Waals surface area (Å²) < 4.78 is 57.4. The highest BCUT2D eigenvalue weighted by Gasteiger charge is 2.42. The zero-order valence-corrected chi connectivity index (χ0v) is 17.5. The molecule has 0 bridgehead atoms. The van der Waals surface area contributed by atoms with Crippen molar-refractivity contribution in [3.05, 3.63) is 41.8 Å². The highest BCUT2D eigenvalue weighted by Crippen LogP contribution is 2.25. The topological polar surface area (TPSA) is 90.0 Å². The van der Waals surface area contributed by atoms with Gasteiger partial charge in [-0.05, 0) is 43.5 Å². The average molecular weight is 461 g/mol. The minimum absolute atomic E-state index is 0.111. The van der Waals surface area contributed by atoms with Crippen molar-refractivity contribution >= 4 is 5.91 Å². The lowest BCUT2D eigenvalue weighted by Gasteiger charge is -2.26. The fraction of sp³-hybridized carbons (Fsp3) is 0.524. The van der Waals surface area contributed by atoms with E-state index in [0.717, 1.165) is 4.90 Å². The number of alkyl halides is 3. The highest BCUT2D eigenvalue weighted by atomic mass is 19.4. The Kier molecular flexibility index (Phi) is 10.1. The molecule has 0 radical (unpaired) electrons. The molecular formula is C21H27F4N3O4. The van der Waals surface area contributed by atoms with Gasteiger partial charge in [-0.3, -0.25) is 9.69 Å². The van der Waals surface area contributed by atoms with E-state index in [4.69, 9.17) is 14.7 Å². The molecule has 0 aliphatic heterocycles. The lowest BCUT2D eigenvalue weighted by Crippen LogP contribution is -2.43. The SMILES string of the molecule is O=C(N(CCCc1cnoc1-c1ccc(F)cc1)CCCN(CCO)CCO)C(F)(F)F. The summed E-state index contributed by atoms with van der Waals surface area (Å²) in [5, 5.41) is 21.8. The molecule has 32 heavy (non-hydrogen) atoms. The van der Waals surface area contributed by atoms with Crippen molar-refractivity contribution in [3.63, 3.8) is 0 Å². The van der Waals surface area contributed by atoms with E-state index in [2.05, 4.69) is 5.16 Å². The number of aryl methyl sites for hydroxylation is 1. The van der Waals surface area contributed by atoms with E-state index in [0.29, 0.717) is 29.9 Å². The van der Waals surface area contributed by atoms with Gasteiger partial charge in [0.15, 0.2) is 5.76 Å². The van der Waals surface area contributed by atoms with Crippen LogP contribution in [0.4, 0.5) is 17.6 Å². The molecular weight excluding hydrogens is 434 g/mol. The molecule has 7 nitrogen and oxygen atoms in total. The number of rotatable bonds is 13. The molecule has 1 amide bonds. The fourth-order valence-corrected chi connectivity index (χ4v) is 3.34. The Morgan fingerprint density at radius 1 is 0.969 bits per heavy atom. The second kappa shape index (κ2) is 12.5. The van der Waals surface area contributed by atoms with Gasteiger partial charge < -0.3 is 19.6 Å². The van der Waals surface area contributed by atoms with Crippen LogP contribution in [-0.4, -0.2) is 83.2 Å². The van der Waals surface area contributed by atoms with Crippen molar-refractivity contribution in [2.75, 3.05) is 45.9 Å². The number of amides is 1. The molecule has 1 aromatic heterocycles. The Morgan fingerprint density at radius 2 is 1.59 bits per heavy atom. The number of aromatic nitrogens is 1. The van der Waals surface area contributed by atoms with E-state index >= 15 is 0 Å². The van der Waals surface area contributed by atoms with Crippen LogP contribution in [0.15, 0.2) is 35.0 Å². The number of carbonyl (C=O) groups excluding carboxylic acids is 1. The summed E-state index contributed by atoms with van der Waals surface area (Å²) in [5.74, 6) is -1.91. The zero-order valence-electron chi connectivity index (χ0n) is 17.5. The lowest BCUT2D eigenvalue weighted by atomic mass is 10.1. The largest absolute Gasteiger partial charge is 0.471 e. The molecule has 2 aromatic rings. The summed E-state index contributed by atoms with van der Waals surface area (Å²) in [4.78, 5) is 14.3. The van der Waals surface area contributed by atoms with Gasteiger partial charge in [0.05, 0.1) is 19.4 Å². The summed E-state index contributed by atoms with van der Waals surface area (Å²) in [6.07, 6.45) is -2.70. The molecule has 0 fully saturated rings. The van der Waals surface area contributed by atoms with Crippen LogP contribution < -0.4 is 0 Å². The lowest BCUT2D eigenvalue weighted by molar-refractivity contribution is -0.185. The minimum atomic E-state index is -4.98. The summed E-state index contributed by atoms with van der Waals surface area (Å²) in [7, 11) is 0. The molecule has 0 aliphatic carbocycles. The van der Waals surface area contributed by atoms with Gasteiger partial charge in [-0.1, -0.05) is 5.16 Å². The maximum absolute atomic E-state index is 13.1. The normalized spacial score (nSPS) is 11.8. The first-order chi connectivity index (χ1) is 15.3. The first-order valence-corrected chi connectivity index (χ1v) is 10.3. The van der Waals surface area contributed by atoms with Crippen molar-refractivity contribution in [2.45, 2.75) is 25.4 Å². The first-order valence-electron chi connectivity index (χ1n) is 10.3. The zero-order chi connectivity index (χ0) is 23.6. The van der Waals surface area contributed by atoms with Crippen LogP contribution in [0.1, 0.15) is 18.4 Å². The maximum atomic E-state index is 13.1. The number of aliphatic hydroxyl groups excluding tert-OH is 2. The van der Waals surface area contributed by atoms with Crippen LogP contribution in [0.5, 0.6) is 0 Å². The number of aliphatic hydroxyl groups is 2. The minimum Gasteiger partial charge on any atom is -0.395 e. The Balaban J connectivity index is 1.96. The quantitative estimate of drug-likeness (QED) is 0.446. The van der Waals surface area contributed by atoms with E-state index in [1.165, 1.54) is 30.5 Å². The molecule has 2 rings (SSSR count). The predicted octanol–water partition coefficient (Wildman–Crippen LogP) is 2.48. The fourth-order valence-electron chi connectivity index (χ4n) is 3.34. The van der Waals surface area contributed by atoms with Gasteiger partial charge in [0.1, 0.15) is 5.82 Å². The van der Waals surface area contributed by atoms with Crippen molar-refractivity contribution < 1.29 is 37.1 Å². The van der Waals surface area contributed by atoms with Crippen molar-refractivity contribution in [3.8, 4) is 11.3 Å². The smallest absolute Gasteiger partial charge is 0.395 e. The van der Waals surface area contributed by atoms with Crippen molar-refractivity contribution in [1.29, 1.82) is 0 Å². The van der Waals surface area contributed by atoms with Gasteiger partial charge in [-0.2, -0.15) is 13.2 Å². The molecule has 0 saturated heterocycles. The number of benzene rings is 1. The molecule has 0 spiro atoms. The molecule has 11 heteroatoms. The third-order valence-corrected chi connectivity index (χ3v) is 4.89. The Bertz CT molecular complexity index is 821. The monoisotopic (exact) mass is 461 g/mol. The standard InChI is InChI=1S/C21H27F4N3O4/c22-18-6-4-16(5-7-18)19-17(15-26-32-19)3-1-9-28(20(31)21(23,24)25)10-2-8-27(11-13-29)12-14-30/h4-7,15,29-30H,1-3,8-14H2. The van der Waals surface area contributed by atoms with Crippen molar-refractivity contribution in [2.24, 2.45) is 0 Å². The summed E-state index contributed by atoms with van der Waals surface area (Å²) in [6.45, 7) is 0.400. The van der Waals surface area contributed by atoms with E-state index in [-0.39, 0.29) is 52.2 Å². The van der Waals surface area contributed by atoms with E-state index in [1.54, 1.807) is 4.90 Å². The predicted molar refractivity (Wildman–Crippen MR) is 108 cm³/mol. The summed E-state index contributed by atoms with van der Waals surface area (Å²) >= 11 is 0. The van der Waals surface area contributed by atoms with Gasteiger partial charge >= 0.3 is 12.1 Å². The second-order valence-electron chi connectivity index (χ2n) is 7.22. The molecule has 178 valence electrons. The highest BCUT2D eigenvalue weighted by molar-refractivity contribution is 5.81. The van der Waals surface area contributed by atoms with E-state index in [1.807, 2.05) is 0 Å². The number of hydrogen-bond donors (Lipinski definition) is 2. The van der Waals surface area contributed by atoms with Gasteiger partial charge in [-0.25, -0.2) is 4.39 Å². The number of halogens is 4. The molecule has 0 unspecified atom stereocenters. The Hall–Kier alpha value is -2.50. The van der Waals surface area contributed by atoms with Crippen LogP contribution >= 0.6 is 0 Å². The van der Waals surface area contributed by atoms with Crippen LogP contribution in [0.25, 0.3) is 11.3 Å². The Morgan fingerprint density at radius 3 is 2.19 bits per heavy atom. The number of hydrogen-bond acceptors (Lipinski definition) is 6. The summed E-state index contributed by atoms with van der Waals surface area (Å²) in [5.41, 5.74) is 1.24. The third kappa shape index (κ3) is 7.88. The summed E-state index contributed by atoms with van der Waals surface area (Å²) in [6, 6.07) is 5.57. The molecule has 0 aliphatic rings. The average Bonchev–Trinajstić information content (AvgIpc) is 3.21. The van der Waals surface area contributed by atoms with Gasteiger partial charge in [0, 0.05) is 43.9 Å². The molecule has 0 atom stereocenters. The van der Waals surface area contributed by atoms with Gasteiger partial charge in [0.25, 0.3) is 0 Å². The molecule has 1 aromatic carbocycles. The van der Waals surface area contributed by atoms with Crippen LogP contribution in [0.2, 0.25) is 0 Å². The molecule has 1 heterocycles. The third-order valence-electron chi connectivity index (χ3n) is 4.89. The van der Waals surface area contributed by atoms with Crippen LogP contribution in [0.3, 0.4) is 0 Å². The van der Waals surface area contributed by atoms with Crippen LogP contribution in [0, 0.1) is 5.82 Å². The van der Waals surface area contributed by atoms with Crippen molar-refractivity contribution in [1.82, 2.24) is 15.0 Å². The first kappa shape index (κ1) is 25.8. The van der Waals surface area contributed by atoms with Gasteiger partial charge in [0.2, 0.25) is 0 Å². The maximum Gasteiger partial charge on any atom is 0.471 e. The molecule has 0 saturated carbocycles. The number of nitrogens with zero attached hydrogens (tertiary/aromatic N) is 3. The molecule has 2 N–H and O–H groups in total.